The Labute approximate surface area is 156 Å². The molecule has 1 saturated heterocycles. The summed E-state index contributed by atoms with van der Waals surface area (Å²) in [6, 6.07) is 3.97. The number of hydrogen-bond donors (Lipinski definition) is 3. The average molecular weight is 391 g/mol. The highest BCUT2D eigenvalue weighted by Crippen LogP contribution is 2.25. The van der Waals surface area contributed by atoms with Gasteiger partial charge >= 0.3 is 0 Å². The smallest absolute Gasteiger partial charge is 0.283 e. The third-order valence-electron chi connectivity index (χ3n) is 4.00. The summed E-state index contributed by atoms with van der Waals surface area (Å²) in [5.74, 6) is -0.758. The van der Waals surface area contributed by atoms with Crippen LogP contribution in [-0.2, 0) is 4.79 Å². The molecule has 1 aliphatic heterocycles. The molecule has 1 fully saturated rings. The maximum Gasteiger partial charge on any atom is 0.283 e. The number of nitrogens with zero attached hydrogens (tertiary/aromatic N) is 1. The van der Waals surface area contributed by atoms with Crippen LogP contribution in [0.2, 0.25) is 5.02 Å². The van der Waals surface area contributed by atoms with E-state index in [9.17, 15) is 19.7 Å². The van der Waals surface area contributed by atoms with Crippen molar-refractivity contribution in [2.45, 2.75) is 19.4 Å². The molecule has 1 heterocycles. The number of rotatable bonds is 5. The van der Waals surface area contributed by atoms with E-state index in [2.05, 4.69) is 22.9 Å². The topological polar surface area (TPSA) is 113 Å². The molecule has 138 valence electrons. The van der Waals surface area contributed by atoms with Crippen molar-refractivity contribution in [3.63, 3.8) is 0 Å². The summed E-state index contributed by atoms with van der Waals surface area (Å²) in [6.07, 6.45) is 0.961. The highest BCUT2D eigenvalue weighted by molar-refractivity contribution is 6.34. The molecule has 1 aromatic carbocycles. The first-order valence-corrected chi connectivity index (χ1v) is 7.99. The molecule has 0 aliphatic carbocycles. The van der Waals surface area contributed by atoms with E-state index < -0.39 is 16.5 Å². The van der Waals surface area contributed by atoms with E-state index in [-0.39, 0.29) is 41.5 Å². The number of carbonyl (C=O) groups excluding carboxylic acids is 2. The Morgan fingerprint density at radius 3 is 2.80 bits per heavy atom. The van der Waals surface area contributed by atoms with E-state index in [4.69, 9.17) is 11.6 Å². The number of carbonyl (C=O) groups is 2. The first-order chi connectivity index (χ1) is 11.4. The normalized spacial score (nSPS) is 19.4. The number of amides is 2. The summed E-state index contributed by atoms with van der Waals surface area (Å²) in [5.41, 5.74) is -0.643. The lowest BCUT2D eigenvalue weighted by Crippen LogP contribution is -2.52. The fraction of sp³-hybridized carbons (Fsp3) is 0.467. The largest absolute Gasteiger partial charge is 0.350 e. The summed E-state index contributed by atoms with van der Waals surface area (Å²) >= 11 is 5.88. The molecule has 25 heavy (non-hydrogen) atoms. The molecule has 1 aliphatic rings. The zero-order chi connectivity index (χ0) is 17.7. The lowest BCUT2D eigenvalue weighted by atomic mass is 9.95. The molecule has 1 aromatic rings. The Morgan fingerprint density at radius 1 is 1.44 bits per heavy atom. The molecule has 2 unspecified atom stereocenters. The van der Waals surface area contributed by atoms with Crippen LogP contribution in [0, 0.1) is 16.0 Å². The van der Waals surface area contributed by atoms with Gasteiger partial charge < -0.3 is 16.0 Å². The predicted molar refractivity (Wildman–Crippen MR) is 96.3 cm³/mol. The molecule has 0 radical (unpaired) electrons. The quantitative estimate of drug-likeness (QED) is 0.520. The maximum absolute atomic E-state index is 12.2. The Balaban J connectivity index is 0.00000312. The van der Waals surface area contributed by atoms with Gasteiger partial charge in [-0.25, -0.2) is 0 Å². The predicted octanol–water partition coefficient (Wildman–Crippen LogP) is 1.51. The lowest BCUT2D eigenvalue weighted by molar-refractivity contribution is -0.385. The van der Waals surface area contributed by atoms with Gasteiger partial charge in [0.25, 0.3) is 11.6 Å². The Kier molecular flexibility index (Phi) is 8.08. The number of piperidine rings is 1. The molecule has 2 amide bonds. The third kappa shape index (κ3) is 5.55. The molecule has 0 spiro atoms. The molecule has 0 saturated carbocycles. The zero-order valence-corrected chi connectivity index (χ0v) is 15.2. The van der Waals surface area contributed by atoms with Gasteiger partial charge in [0.15, 0.2) is 0 Å². The molecule has 2 rings (SSSR count). The number of nitro groups is 1. The summed E-state index contributed by atoms with van der Waals surface area (Å²) in [4.78, 5) is 34.4. The van der Waals surface area contributed by atoms with Crippen molar-refractivity contribution in [2.75, 3.05) is 19.6 Å². The molecule has 3 N–H and O–H groups in total. The summed E-state index contributed by atoms with van der Waals surface area (Å²) in [6.45, 7) is 3.37. The number of halogens is 2. The van der Waals surface area contributed by atoms with Crippen molar-refractivity contribution in [3.8, 4) is 0 Å². The van der Waals surface area contributed by atoms with Gasteiger partial charge in [-0.1, -0.05) is 24.6 Å². The molecular formula is C15H20Cl2N4O4. The van der Waals surface area contributed by atoms with Crippen LogP contribution in [0.15, 0.2) is 18.2 Å². The van der Waals surface area contributed by atoms with Crippen molar-refractivity contribution in [3.05, 3.63) is 38.9 Å². The van der Waals surface area contributed by atoms with Crippen LogP contribution in [0.1, 0.15) is 23.7 Å². The second kappa shape index (κ2) is 9.55. The SMILES string of the molecule is CC1CCNCC1NC(=O)CNC(=O)c1c(Cl)cccc1[N+](=O)[O-].Cl. The lowest BCUT2D eigenvalue weighted by Gasteiger charge is -2.30. The highest BCUT2D eigenvalue weighted by Gasteiger charge is 2.25. The van der Waals surface area contributed by atoms with Gasteiger partial charge in [0.1, 0.15) is 5.56 Å². The average Bonchev–Trinajstić information content (AvgIpc) is 2.54. The van der Waals surface area contributed by atoms with E-state index in [1.54, 1.807) is 0 Å². The molecule has 2 atom stereocenters. The van der Waals surface area contributed by atoms with E-state index in [0.717, 1.165) is 13.0 Å². The van der Waals surface area contributed by atoms with E-state index in [0.29, 0.717) is 12.5 Å². The van der Waals surface area contributed by atoms with Crippen molar-refractivity contribution in [2.24, 2.45) is 5.92 Å². The molecule has 8 nitrogen and oxygen atoms in total. The minimum absolute atomic E-state index is 0. The van der Waals surface area contributed by atoms with E-state index in [1.807, 2.05) is 0 Å². The summed E-state index contributed by atoms with van der Waals surface area (Å²) < 4.78 is 0. The van der Waals surface area contributed by atoms with Crippen molar-refractivity contribution >= 4 is 41.5 Å². The first-order valence-electron chi connectivity index (χ1n) is 7.61. The van der Waals surface area contributed by atoms with Crippen LogP contribution in [0.4, 0.5) is 5.69 Å². The minimum atomic E-state index is -0.753. The van der Waals surface area contributed by atoms with Crippen LogP contribution in [0.5, 0.6) is 0 Å². The van der Waals surface area contributed by atoms with Gasteiger partial charge in [-0.3, -0.25) is 19.7 Å². The van der Waals surface area contributed by atoms with Gasteiger partial charge in [-0.2, -0.15) is 0 Å². The van der Waals surface area contributed by atoms with Gasteiger partial charge in [0.2, 0.25) is 5.91 Å². The number of nitro benzene ring substituents is 1. The molecule has 0 bridgehead atoms. The number of nitrogens with one attached hydrogen (secondary N) is 3. The third-order valence-corrected chi connectivity index (χ3v) is 4.31. The summed E-state index contributed by atoms with van der Waals surface area (Å²) in [5, 5.41) is 19.4. The van der Waals surface area contributed by atoms with Crippen LogP contribution in [-0.4, -0.2) is 42.4 Å². The van der Waals surface area contributed by atoms with Crippen LogP contribution in [0.25, 0.3) is 0 Å². The summed E-state index contributed by atoms with van der Waals surface area (Å²) in [7, 11) is 0. The van der Waals surface area contributed by atoms with Crippen molar-refractivity contribution < 1.29 is 14.5 Å². The number of benzene rings is 1. The van der Waals surface area contributed by atoms with Gasteiger partial charge in [-0.05, 0) is 24.9 Å². The second-order valence-electron chi connectivity index (χ2n) is 5.72. The monoisotopic (exact) mass is 390 g/mol. The van der Waals surface area contributed by atoms with Crippen LogP contribution in [0.3, 0.4) is 0 Å². The second-order valence-corrected chi connectivity index (χ2v) is 6.13. The van der Waals surface area contributed by atoms with E-state index in [1.165, 1.54) is 18.2 Å². The van der Waals surface area contributed by atoms with E-state index >= 15 is 0 Å². The molecule has 0 aromatic heterocycles. The van der Waals surface area contributed by atoms with Crippen molar-refractivity contribution in [1.29, 1.82) is 0 Å². The standard InChI is InChI=1S/C15H19ClN4O4.ClH/c1-9-5-6-17-7-11(9)19-13(21)8-18-15(22)14-10(16)3-2-4-12(14)20(23)24;/h2-4,9,11,17H,5-8H2,1H3,(H,18,22)(H,19,21);1H. The van der Waals surface area contributed by atoms with Crippen molar-refractivity contribution in [1.82, 2.24) is 16.0 Å². The fourth-order valence-electron chi connectivity index (χ4n) is 2.58. The number of hydrogen-bond acceptors (Lipinski definition) is 5. The van der Waals surface area contributed by atoms with Crippen LogP contribution >= 0.6 is 24.0 Å². The van der Waals surface area contributed by atoms with Gasteiger partial charge in [0.05, 0.1) is 16.5 Å². The highest BCUT2D eigenvalue weighted by atomic mass is 35.5. The van der Waals surface area contributed by atoms with Crippen LogP contribution < -0.4 is 16.0 Å². The fourth-order valence-corrected chi connectivity index (χ4v) is 2.83. The van der Waals surface area contributed by atoms with Gasteiger partial charge in [0, 0.05) is 18.7 Å². The maximum atomic E-state index is 12.2. The van der Waals surface area contributed by atoms with Gasteiger partial charge in [-0.15, -0.1) is 12.4 Å². The molecular weight excluding hydrogens is 371 g/mol. The Hall–Kier alpha value is -1.90. The minimum Gasteiger partial charge on any atom is -0.350 e. The Bertz CT molecular complexity index is 656. The first kappa shape index (κ1) is 21.1. The zero-order valence-electron chi connectivity index (χ0n) is 13.6. The molecule has 10 heteroatoms. The Morgan fingerprint density at radius 2 is 2.16 bits per heavy atom.